The van der Waals surface area contributed by atoms with Gasteiger partial charge in [0.15, 0.2) is 5.69 Å². The molecule has 130 valence electrons. The van der Waals surface area contributed by atoms with Gasteiger partial charge in [0.1, 0.15) is 12.1 Å². The van der Waals surface area contributed by atoms with Crippen molar-refractivity contribution >= 4 is 39.4 Å². The first-order valence-corrected chi connectivity index (χ1v) is 9.21. The molecule has 1 amide bonds. The Morgan fingerprint density at radius 2 is 2.04 bits per heavy atom. The van der Waals surface area contributed by atoms with Crippen molar-refractivity contribution in [3.8, 4) is 10.4 Å². The number of amides is 1. The molecule has 0 atom stereocenters. The molecule has 0 saturated carbocycles. The Morgan fingerprint density at radius 3 is 2.73 bits per heavy atom. The Bertz CT molecular complexity index is 1060. The maximum absolute atomic E-state index is 13.2. The van der Waals surface area contributed by atoms with Gasteiger partial charge in [0.2, 0.25) is 0 Å². The molecule has 26 heavy (non-hydrogen) atoms. The van der Waals surface area contributed by atoms with Crippen molar-refractivity contribution in [3.63, 3.8) is 0 Å². The smallest absolute Gasteiger partial charge is 0.270 e. The Labute approximate surface area is 156 Å². The van der Waals surface area contributed by atoms with Crippen molar-refractivity contribution in [2.75, 3.05) is 0 Å². The molecule has 0 radical (unpaired) electrons. The first kappa shape index (κ1) is 16.7. The molecule has 0 unspecified atom stereocenters. The van der Waals surface area contributed by atoms with E-state index in [9.17, 15) is 9.18 Å². The third-order valence-electron chi connectivity index (χ3n) is 3.80. The number of halogens is 1. The molecule has 2 aromatic heterocycles. The third kappa shape index (κ3) is 3.21. The van der Waals surface area contributed by atoms with E-state index < -0.39 is 5.91 Å². The molecule has 1 aliphatic heterocycles. The topological polar surface area (TPSA) is 78.1 Å². The van der Waals surface area contributed by atoms with Crippen LogP contribution in [0.4, 0.5) is 4.39 Å². The zero-order valence-corrected chi connectivity index (χ0v) is 14.9. The van der Waals surface area contributed by atoms with Crippen molar-refractivity contribution in [2.45, 2.75) is 6.42 Å². The van der Waals surface area contributed by atoms with E-state index in [-0.39, 0.29) is 11.5 Å². The van der Waals surface area contributed by atoms with Crippen molar-refractivity contribution in [2.24, 2.45) is 5.73 Å². The fraction of sp³-hybridized carbons (Fsp3) is 0.0556. The lowest BCUT2D eigenvalue weighted by molar-refractivity contribution is 0.0996. The standard InChI is InChI=1S/C18H12FN3O2S2/c19-11-5-3-10(4-6-11)15-9-13-14(8-12-2-1-7-24-26-12)21-22-16(18(20)23)17(13)25-15/h1-7,9H,8H2,(H2,20,23). The molecule has 0 fully saturated rings. The number of fused-ring (bicyclic) bond motifs is 1. The number of carbonyl (C=O) groups excluding carboxylic acids is 1. The van der Waals surface area contributed by atoms with Crippen molar-refractivity contribution in [1.29, 1.82) is 0 Å². The number of benzene rings is 1. The molecule has 4 rings (SSSR count). The first-order chi connectivity index (χ1) is 12.6. The van der Waals surface area contributed by atoms with Crippen molar-refractivity contribution < 1.29 is 13.4 Å². The molecule has 3 heterocycles. The molecule has 1 aromatic carbocycles. The molecule has 0 spiro atoms. The summed E-state index contributed by atoms with van der Waals surface area (Å²) >= 11 is 2.65. The summed E-state index contributed by atoms with van der Waals surface area (Å²) in [6.07, 6.45) is 5.88. The predicted octanol–water partition coefficient (Wildman–Crippen LogP) is 4.21. The van der Waals surface area contributed by atoms with E-state index in [2.05, 4.69) is 10.2 Å². The van der Waals surface area contributed by atoms with Crippen LogP contribution in [0, 0.1) is 5.82 Å². The largest absolute Gasteiger partial charge is 0.429 e. The average molecular weight is 385 g/mol. The zero-order valence-electron chi connectivity index (χ0n) is 13.3. The van der Waals surface area contributed by atoms with Gasteiger partial charge in [-0.3, -0.25) is 4.79 Å². The number of hydrogen-bond acceptors (Lipinski definition) is 6. The number of allylic oxidation sites excluding steroid dienone is 3. The second-order valence-corrected chi connectivity index (χ2v) is 7.47. The van der Waals surface area contributed by atoms with E-state index in [1.807, 2.05) is 18.2 Å². The van der Waals surface area contributed by atoms with Crippen LogP contribution in [0.25, 0.3) is 20.5 Å². The van der Waals surface area contributed by atoms with Gasteiger partial charge in [-0.25, -0.2) is 4.39 Å². The number of aromatic nitrogens is 2. The molecule has 3 aromatic rings. The van der Waals surface area contributed by atoms with E-state index in [0.29, 0.717) is 11.1 Å². The Hall–Kier alpha value is -2.71. The van der Waals surface area contributed by atoms with Gasteiger partial charge in [0, 0.05) is 21.6 Å². The summed E-state index contributed by atoms with van der Waals surface area (Å²) in [6.45, 7) is 0. The number of primary amides is 1. The van der Waals surface area contributed by atoms with Crippen LogP contribution in [0.2, 0.25) is 0 Å². The number of thiophene rings is 1. The van der Waals surface area contributed by atoms with Gasteiger partial charge in [0.05, 0.1) is 22.4 Å². The predicted molar refractivity (Wildman–Crippen MR) is 101 cm³/mol. The van der Waals surface area contributed by atoms with Crippen LogP contribution in [0.5, 0.6) is 0 Å². The van der Waals surface area contributed by atoms with Gasteiger partial charge in [0.25, 0.3) is 5.91 Å². The molecular weight excluding hydrogens is 373 g/mol. The monoisotopic (exact) mass is 385 g/mol. The minimum absolute atomic E-state index is 0.142. The minimum atomic E-state index is -0.626. The lowest BCUT2D eigenvalue weighted by Crippen LogP contribution is -2.14. The normalized spacial score (nSPS) is 13.5. The molecule has 2 N–H and O–H groups in total. The molecule has 0 saturated heterocycles. The highest BCUT2D eigenvalue weighted by Gasteiger charge is 2.19. The highest BCUT2D eigenvalue weighted by molar-refractivity contribution is 7.98. The third-order valence-corrected chi connectivity index (χ3v) is 5.70. The Morgan fingerprint density at radius 1 is 1.23 bits per heavy atom. The molecule has 1 aliphatic rings. The summed E-state index contributed by atoms with van der Waals surface area (Å²) in [7, 11) is 0. The van der Waals surface area contributed by atoms with Crippen LogP contribution in [-0.2, 0) is 10.6 Å². The van der Waals surface area contributed by atoms with Crippen LogP contribution in [0.15, 0.2) is 53.7 Å². The summed E-state index contributed by atoms with van der Waals surface area (Å²) in [6, 6.07) is 8.14. The number of nitrogens with two attached hydrogens (primary N) is 1. The summed E-state index contributed by atoms with van der Waals surface area (Å²) < 4.78 is 19.1. The molecule has 5 nitrogen and oxygen atoms in total. The van der Waals surface area contributed by atoms with Crippen LogP contribution < -0.4 is 5.73 Å². The SMILES string of the molecule is NC(=O)c1nnc(CC2=CC=COS2)c2cc(-c3ccc(F)cc3)sc12. The van der Waals surface area contributed by atoms with E-state index in [1.54, 1.807) is 18.4 Å². The van der Waals surface area contributed by atoms with E-state index in [4.69, 9.17) is 9.92 Å². The number of carbonyl (C=O) groups is 1. The fourth-order valence-corrected chi connectivity index (χ4v) is 4.34. The van der Waals surface area contributed by atoms with E-state index >= 15 is 0 Å². The molecule has 0 bridgehead atoms. The average Bonchev–Trinajstić information content (AvgIpc) is 3.09. The lowest BCUT2D eigenvalue weighted by atomic mass is 10.1. The van der Waals surface area contributed by atoms with Gasteiger partial charge in [-0.1, -0.05) is 12.1 Å². The fourth-order valence-electron chi connectivity index (χ4n) is 2.59. The molecular formula is C18H12FN3O2S2. The van der Waals surface area contributed by atoms with Crippen LogP contribution >= 0.6 is 23.4 Å². The minimum Gasteiger partial charge on any atom is -0.429 e. The van der Waals surface area contributed by atoms with E-state index in [1.165, 1.54) is 35.5 Å². The maximum Gasteiger partial charge on any atom is 0.270 e. The molecule has 8 heteroatoms. The summed E-state index contributed by atoms with van der Waals surface area (Å²) in [4.78, 5) is 13.6. The number of hydrogen-bond donors (Lipinski definition) is 1. The lowest BCUT2D eigenvalue weighted by Gasteiger charge is -2.08. The number of nitrogens with zero attached hydrogens (tertiary/aromatic N) is 2. The zero-order chi connectivity index (χ0) is 18.1. The van der Waals surface area contributed by atoms with Crippen LogP contribution in [0.1, 0.15) is 16.2 Å². The highest BCUT2D eigenvalue weighted by atomic mass is 32.2. The molecule has 0 aliphatic carbocycles. The number of rotatable bonds is 4. The van der Waals surface area contributed by atoms with Crippen LogP contribution in [0.3, 0.4) is 0 Å². The summed E-state index contributed by atoms with van der Waals surface area (Å²) in [5, 5.41) is 9.04. The highest BCUT2D eigenvalue weighted by Crippen LogP contribution is 2.37. The van der Waals surface area contributed by atoms with Gasteiger partial charge in [-0.2, -0.15) is 5.10 Å². The Kier molecular flexibility index (Phi) is 4.44. The second kappa shape index (κ2) is 6.89. The second-order valence-electron chi connectivity index (χ2n) is 5.54. The van der Waals surface area contributed by atoms with Gasteiger partial charge in [-0.15, -0.1) is 16.4 Å². The van der Waals surface area contributed by atoms with E-state index in [0.717, 1.165) is 26.4 Å². The quantitative estimate of drug-likeness (QED) is 0.681. The van der Waals surface area contributed by atoms with Gasteiger partial charge in [-0.05, 0) is 35.9 Å². The van der Waals surface area contributed by atoms with Crippen LogP contribution in [-0.4, -0.2) is 16.1 Å². The van der Waals surface area contributed by atoms with Gasteiger partial charge < -0.3 is 9.92 Å². The Balaban J connectivity index is 1.84. The van der Waals surface area contributed by atoms with Gasteiger partial charge >= 0.3 is 0 Å². The first-order valence-electron chi connectivity index (χ1n) is 7.65. The summed E-state index contributed by atoms with van der Waals surface area (Å²) in [5.74, 6) is -0.926. The van der Waals surface area contributed by atoms with Crippen molar-refractivity contribution in [1.82, 2.24) is 10.2 Å². The summed E-state index contributed by atoms with van der Waals surface area (Å²) in [5.41, 5.74) is 7.18. The maximum atomic E-state index is 13.2. The van der Waals surface area contributed by atoms with Crippen molar-refractivity contribution in [3.05, 3.63) is 70.9 Å².